The largest absolute Gasteiger partial charge is 0.508 e. The summed E-state index contributed by atoms with van der Waals surface area (Å²) in [7, 11) is 0. The molecule has 9 N–H and O–H groups in total. The van der Waals surface area contributed by atoms with Crippen molar-refractivity contribution < 1.29 is 44.4 Å². The number of nitrogens with two attached hydrogens (primary N) is 1. The van der Waals surface area contributed by atoms with E-state index in [0.29, 0.717) is 5.56 Å². The number of aliphatic hydroxyl groups is 1. The van der Waals surface area contributed by atoms with E-state index in [1.807, 2.05) is 0 Å². The number of phenols is 1. The molecule has 3 amide bonds. The maximum Gasteiger partial charge on any atom is 0.326 e. The molecule has 13 heteroatoms. The Labute approximate surface area is 195 Å². The number of aliphatic hydroxyl groups excluding tert-OH is 1. The van der Waals surface area contributed by atoms with Gasteiger partial charge in [-0.25, -0.2) is 4.79 Å². The van der Waals surface area contributed by atoms with Crippen LogP contribution in [0.3, 0.4) is 0 Å². The molecule has 1 rings (SSSR count). The second-order valence-electron chi connectivity index (χ2n) is 7.94. The Balaban J connectivity index is 2.94. The van der Waals surface area contributed by atoms with Gasteiger partial charge in [0.1, 0.15) is 23.9 Å². The van der Waals surface area contributed by atoms with Gasteiger partial charge in [-0.1, -0.05) is 26.0 Å². The molecule has 1 aromatic carbocycles. The summed E-state index contributed by atoms with van der Waals surface area (Å²) in [6, 6.07) is -0.103. The number of carbonyl (C=O) groups is 5. The van der Waals surface area contributed by atoms with Crippen LogP contribution < -0.4 is 21.7 Å². The molecule has 0 bridgehead atoms. The maximum atomic E-state index is 12.6. The highest BCUT2D eigenvalue weighted by Crippen LogP contribution is 2.12. The molecule has 0 radical (unpaired) electrons. The van der Waals surface area contributed by atoms with Crippen LogP contribution in [0.4, 0.5) is 0 Å². The average molecular weight is 482 g/mol. The molecule has 0 aromatic heterocycles. The topological polar surface area (TPSA) is 228 Å². The molecular weight excluding hydrogens is 452 g/mol. The van der Waals surface area contributed by atoms with Gasteiger partial charge < -0.3 is 42.1 Å². The van der Waals surface area contributed by atoms with Crippen LogP contribution in [0.2, 0.25) is 0 Å². The third-order valence-corrected chi connectivity index (χ3v) is 4.84. The zero-order valence-electron chi connectivity index (χ0n) is 18.7. The van der Waals surface area contributed by atoms with Gasteiger partial charge in [0.15, 0.2) is 0 Å². The molecule has 1 aromatic rings. The van der Waals surface area contributed by atoms with Gasteiger partial charge in [0.2, 0.25) is 17.7 Å². The van der Waals surface area contributed by atoms with Crippen LogP contribution in [0.5, 0.6) is 5.75 Å². The van der Waals surface area contributed by atoms with Gasteiger partial charge in [-0.2, -0.15) is 0 Å². The molecule has 0 saturated heterocycles. The number of carboxylic acids is 2. The monoisotopic (exact) mass is 482 g/mol. The van der Waals surface area contributed by atoms with Gasteiger partial charge in [0.05, 0.1) is 19.1 Å². The van der Waals surface area contributed by atoms with Gasteiger partial charge >= 0.3 is 11.9 Å². The lowest BCUT2D eigenvalue weighted by Gasteiger charge is -2.24. The number of amides is 3. The summed E-state index contributed by atoms with van der Waals surface area (Å²) in [5.74, 6) is -6.06. The number of nitrogens with one attached hydrogen (secondary N) is 3. The van der Waals surface area contributed by atoms with E-state index in [2.05, 4.69) is 16.0 Å². The van der Waals surface area contributed by atoms with E-state index >= 15 is 0 Å². The number of rotatable bonds is 13. The second kappa shape index (κ2) is 13.1. The smallest absolute Gasteiger partial charge is 0.326 e. The first-order valence-corrected chi connectivity index (χ1v) is 10.4. The molecule has 0 aliphatic heterocycles. The lowest BCUT2D eigenvalue weighted by Crippen LogP contribution is -2.59. The molecule has 4 atom stereocenters. The predicted octanol–water partition coefficient (Wildman–Crippen LogP) is -2.08. The number of carbonyl (C=O) groups excluding carboxylic acids is 3. The first-order chi connectivity index (χ1) is 15.8. The minimum atomic E-state index is -1.70. The summed E-state index contributed by atoms with van der Waals surface area (Å²) < 4.78 is 0. The van der Waals surface area contributed by atoms with Gasteiger partial charge in [-0.15, -0.1) is 0 Å². The van der Waals surface area contributed by atoms with Crippen molar-refractivity contribution in [2.24, 2.45) is 11.7 Å². The molecule has 4 unspecified atom stereocenters. The van der Waals surface area contributed by atoms with E-state index in [1.165, 1.54) is 24.3 Å². The number of aliphatic carboxylic acids is 2. The zero-order valence-corrected chi connectivity index (χ0v) is 18.7. The second-order valence-corrected chi connectivity index (χ2v) is 7.94. The quantitative estimate of drug-likeness (QED) is 0.153. The number of carboxylic acid groups (broad SMARTS) is 2. The van der Waals surface area contributed by atoms with Gasteiger partial charge in [-0.3, -0.25) is 19.2 Å². The number of aromatic hydroxyl groups is 1. The first-order valence-electron chi connectivity index (χ1n) is 10.4. The Hall–Kier alpha value is -3.71. The van der Waals surface area contributed by atoms with E-state index in [0.717, 1.165) is 0 Å². The van der Waals surface area contributed by atoms with Gasteiger partial charge in [0, 0.05) is 6.42 Å². The van der Waals surface area contributed by atoms with Crippen molar-refractivity contribution >= 4 is 29.7 Å². The van der Waals surface area contributed by atoms with Crippen molar-refractivity contribution in [1.82, 2.24) is 16.0 Å². The van der Waals surface area contributed by atoms with Crippen LogP contribution in [0.1, 0.15) is 25.8 Å². The molecule has 188 valence electrons. The Morgan fingerprint density at radius 2 is 1.35 bits per heavy atom. The van der Waals surface area contributed by atoms with Gasteiger partial charge in [0.25, 0.3) is 0 Å². The van der Waals surface area contributed by atoms with Crippen molar-refractivity contribution in [1.29, 1.82) is 0 Å². The fourth-order valence-corrected chi connectivity index (χ4v) is 2.76. The third-order valence-electron chi connectivity index (χ3n) is 4.84. The molecule has 13 nitrogen and oxygen atoms in total. The number of hydrogen-bond acceptors (Lipinski definition) is 8. The van der Waals surface area contributed by atoms with Crippen LogP contribution >= 0.6 is 0 Å². The summed E-state index contributed by atoms with van der Waals surface area (Å²) in [6.45, 7) is 2.48. The highest BCUT2D eigenvalue weighted by molar-refractivity contribution is 5.95. The Bertz CT molecular complexity index is 889. The molecule has 0 spiro atoms. The number of hydrogen-bond donors (Lipinski definition) is 8. The Morgan fingerprint density at radius 1 is 0.853 bits per heavy atom. The average Bonchev–Trinajstić information content (AvgIpc) is 2.76. The molecule has 0 saturated carbocycles. The van der Waals surface area contributed by atoms with E-state index in [1.54, 1.807) is 13.8 Å². The summed E-state index contributed by atoms with van der Waals surface area (Å²) in [4.78, 5) is 60.1. The van der Waals surface area contributed by atoms with Crippen molar-refractivity contribution in [3.8, 4) is 5.75 Å². The molecule has 0 aliphatic rings. The van der Waals surface area contributed by atoms with E-state index < -0.39 is 66.9 Å². The Morgan fingerprint density at radius 3 is 1.82 bits per heavy atom. The summed E-state index contributed by atoms with van der Waals surface area (Å²) in [5, 5.41) is 43.9. The van der Waals surface area contributed by atoms with Crippen molar-refractivity contribution in [3.05, 3.63) is 29.8 Å². The SMILES string of the molecule is CC(C)C(N)C(=O)NC(CO)C(=O)NC(CC(=O)O)C(=O)NC(Cc1ccc(O)cc1)C(=O)O. The van der Waals surface area contributed by atoms with Crippen molar-refractivity contribution in [3.63, 3.8) is 0 Å². The normalized spacial score (nSPS) is 14.4. The van der Waals surface area contributed by atoms with Crippen molar-refractivity contribution in [2.75, 3.05) is 6.61 Å². The van der Waals surface area contributed by atoms with Crippen LogP contribution in [0.15, 0.2) is 24.3 Å². The maximum absolute atomic E-state index is 12.6. The third kappa shape index (κ3) is 9.03. The number of benzene rings is 1. The minimum absolute atomic E-state index is 0.0382. The van der Waals surface area contributed by atoms with Crippen LogP contribution in [0, 0.1) is 5.92 Å². The molecule has 34 heavy (non-hydrogen) atoms. The highest BCUT2D eigenvalue weighted by atomic mass is 16.4. The molecular formula is C21H30N4O9. The lowest BCUT2D eigenvalue weighted by molar-refractivity contribution is -0.143. The molecule has 0 fully saturated rings. The summed E-state index contributed by atoms with van der Waals surface area (Å²) in [6.07, 6.45) is -1.07. The predicted molar refractivity (Wildman–Crippen MR) is 117 cm³/mol. The van der Waals surface area contributed by atoms with E-state index in [9.17, 15) is 39.3 Å². The Kier molecular flexibility index (Phi) is 10.9. The summed E-state index contributed by atoms with van der Waals surface area (Å²) in [5.41, 5.74) is 6.16. The molecule has 0 aliphatic carbocycles. The minimum Gasteiger partial charge on any atom is -0.508 e. The van der Waals surface area contributed by atoms with Crippen LogP contribution in [-0.4, -0.2) is 80.9 Å². The fourth-order valence-electron chi connectivity index (χ4n) is 2.76. The van der Waals surface area contributed by atoms with Crippen molar-refractivity contribution in [2.45, 2.75) is 50.9 Å². The highest BCUT2D eigenvalue weighted by Gasteiger charge is 2.31. The first kappa shape index (κ1) is 28.3. The van der Waals surface area contributed by atoms with Crippen LogP contribution in [-0.2, 0) is 30.4 Å². The lowest BCUT2D eigenvalue weighted by atomic mass is 10.0. The number of phenolic OH excluding ortho intramolecular Hbond substituents is 1. The summed E-state index contributed by atoms with van der Waals surface area (Å²) >= 11 is 0. The van der Waals surface area contributed by atoms with E-state index in [4.69, 9.17) is 10.8 Å². The van der Waals surface area contributed by atoms with Crippen LogP contribution in [0.25, 0.3) is 0 Å². The standard InChI is InChI=1S/C21H30N4O9/c1-10(2)17(22)20(32)25-15(9-26)19(31)23-13(8-16(28)29)18(30)24-14(21(33)34)7-11-3-5-12(27)6-4-11/h3-6,10,13-15,17,26-27H,7-9,22H2,1-2H3,(H,23,31)(H,24,30)(H,25,32)(H,28,29)(H,33,34). The zero-order chi connectivity index (χ0) is 26.0. The van der Waals surface area contributed by atoms with E-state index in [-0.39, 0.29) is 18.1 Å². The molecule has 0 heterocycles. The van der Waals surface area contributed by atoms with Gasteiger partial charge in [-0.05, 0) is 23.6 Å². The fraction of sp³-hybridized carbons (Fsp3) is 0.476.